The molecule has 0 spiro atoms. The van der Waals surface area contributed by atoms with E-state index in [1.807, 2.05) is 0 Å². The van der Waals surface area contributed by atoms with Crippen LogP contribution < -0.4 is 0 Å². The Bertz CT molecular complexity index is 778. The summed E-state index contributed by atoms with van der Waals surface area (Å²) in [5, 5.41) is 12.2. The number of fused-ring (bicyclic) bond motifs is 5. The first-order chi connectivity index (χ1) is 14.5. The van der Waals surface area contributed by atoms with Gasteiger partial charge in [0.05, 0.1) is 5.60 Å². The average Bonchev–Trinajstić information content (AvgIpc) is 2.99. The summed E-state index contributed by atoms with van der Waals surface area (Å²) in [6, 6.07) is 0. The second-order valence-corrected chi connectivity index (χ2v) is 11.2. The Hall–Kier alpha value is -1.43. The zero-order chi connectivity index (χ0) is 22.7. The highest BCUT2D eigenvalue weighted by molar-refractivity contribution is 5.93. The van der Waals surface area contributed by atoms with Gasteiger partial charge in [0.25, 0.3) is 0 Å². The smallest absolute Gasteiger partial charge is 0.303 e. The molecule has 0 aromatic rings. The van der Waals surface area contributed by atoms with Crippen LogP contribution in [-0.2, 0) is 23.9 Å². The Balaban J connectivity index is 1.69. The molecule has 1 unspecified atom stereocenters. The zero-order valence-electron chi connectivity index (χ0n) is 19.5. The lowest BCUT2D eigenvalue weighted by Gasteiger charge is -2.65. The maximum Gasteiger partial charge on any atom is 0.303 e. The van der Waals surface area contributed by atoms with Crippen molar-refractivity contribution in [3.63, 3.8) is 0 Å². The van der Waals surface area contributed by atoms with Crippen LogP contribution >= 0.6 is 0 Å². The van der Waals surface area contributed by atoms with E-state index >= 15 is 0 Å². The largest absolute Gasteiger partial charge is 0.458 e. The number of aliphatic hydroxyl groups is 1. The number of rotatable bonds is 4. The Labute approximate surface area is 185 Å². The minimum atomic E-state index is -1.29. The van der Waals surface area contributed by atoms with Gasteiger partial charge in [-0.25, -0.2) is 0 Å². The lowest BCUT2D eigenvalue weighted by molar-refractivity contribution is -0.247. The van der Waals surface area contributed by atoms with E-state index in [0.717, 1.165) is 25.7 Å². The van der Waals surface area contributed by atoms with Gasteiger partial charge < -0.3 is 14.6 Å². The van der Waals surface area contributed by atoms with Crippen molar-refractivity contribution in [2.75, 3.05) is 6.61 Å². The van der Waals surface area contributed by atoms with Crippen LogP contribution in [-0.4, -0.2) is 40.6 Å². The molecule has 0 aromatic heterocycles. The highest BCUT2D eigenvalue weighted by Crippen LogP contribution is 2.70. The number of ketones is 1. The van der Waals surface area contributed by atoms with Crippen molar-refractivity contribution in [3.05, 3.63) is 0 Å². The SMILES string of the molecule is CC(=O)OCC(=O)[C@@]1(OC(C)=O)CC[C@H]2[C@@H]3CCC4CCCC[C@]4(C)[C@@]3(O)CC[C@@]21C. The number of esters is 2. The Morgan fingerprint density at radius 3 is 2.26 bits per heavy atom. The van der Waals surface area contributed by atoms with Crippen LogP contribution in [0.1, 0.15) is 91.9 Å². The van der Waals surface area contributed by atoms with Crippen LogP contribution in [0.4, 0.5) is 0 Å². The van der Waals surface area contributed by atoms with E-state index < -0.39 is 28.6 Å². The topological polar surface area (TPSA) is 89.9 Å². The molecule has 4 aliphatic carbocycles. The summed E-state index contributed by atoms with van der Waals surface area (Å²) >= 11 is 0. The van der Waals surface area contributed by atoms with Crippen molar-refractivity contribution in [3.8, 4) is 0 Å². The summed E-state index contributed by atoms with van der Waals surface area (Å²) in [5.41, 5.74) is -2.66. The lowest BCUT2D eigenvalue weighted by Crippen LogP contribution is -2.67. The van der Waals surface area contributed by atoms with Crippen molar-refractivity contribution in [2.24, 2.45) is 28.6 Å². The van der Waals surface area contributed by atoms with Crippen molar-refractivity contribution >= 4 is 17.7 Å². The van der Waals surface area contributed by atoms with Crippen molar-refractivity contribution in [2.45, 2.75) is 103 Å². The first kappa shape index (κ1) is 22.8. The van der Waals surface area contributed by atoms with E-state index in [4.69, 9.17) is 9.47 Å². The van der Waals surface area contributed by atoms with E-state index in [2.05, 4.69) is 13.8 Å². The van der Waals surface area contributed by atoms with E-state index in [9.17, 15) is 19.5 Å². The molecule has 7 atom stereocenters. The molecule has 6 nitrogen and oxygen atoms in total. The Morgan fingerprint density at radius 2 is 1.58 bits per heavy atom. The third-order valence-corrected chi connectivity index (χ3v) is 10.1. The number of carbonyl (C=O) groups excluding carboxylic acids is 3. The first-order valence-electron chi connectivity index (χ1n) is 12.1. The third kappa shape index (κ3) is 3.11. The highest BCUT2D eigenvalue weighted by Gasteiger charge is 2.72. The molecule has 0 bridgehead atoms. The summed E-state index contributed by atoms with van der Waals surface area (Å²) < 4.78 is 10.9. The molecule has 0 heterocycles. The third-order valence-electron chi connectivity index (χ3n) is 10.1. The fourth-order valence-corrected chi connectivity index (χ4v) is 8.44. The van der Waals surface area contributed by atoms with Gasteiger partial charge in [-0.05, 0) is 74.5 Å². The molecule has 31 heavy (non-hydrogen) atoms. The summed E-state index contributed by atoms with van der Waals surface area (Å²) in [4.78, 5) is 36.8. The molecule has 0 amide bonds. The van der Waals surface area contributed by atoms with E-state index in [0.29, 0.717) is 25.2 Å². The Kier molecular flexibility index (Phi) is 5.55. The first-order valence-corrected chi connectivity index (χ1v) is 12.1. The lowest BCUT2D eigenvalue weighted by atomic mass is 9.42. The van der Waals surface area contributed by atoms with Gasteiger partial charge in [0, 0.05) is 19.3 Å². The van der Waals surface area contributed by atoms with Gasteiger partial charge in [0.2, 0.25) is 5.78 Å². The van der Waals surface area contributed by atoms with Crippen molar-refractivity contribution in [1.82, 2.24) is 0 Å². The average molecular weight is 435 g/mol. The zero-order valence-corrected chi connectivity index (χ0v) is 19.5. The van der Waals surface area contributed by atoms with Gasteiger partial charge in [-0.2, -0.15) is 0 Å². The normalized spacial score (nSPS) is 46.3. The van der Waals surface area contributed by atoms with Crippen LogP contribution in [0.2, 0.25) is 0 Å². The molecule has 4 saturated carbocycles. The monoisotopic (exact) mass is 434 g/mol. The molecule has 1 N–H and O–H groups in total. The van der Waals surface area contributed by atoms with Crippen LogP contribution in [0.25, 0.3) is 0 Å². The molecule has 0 saturated heterocycles. The molecular weight excluding hydrogens is 396 g/mol. The number of Topliss-reactive ketones (excluding diaryl/α,β-unsaturated/α-hetero) is 1. The van der Waals surface area contributed by atoms with Gasteiger partial charge in [-0.3, -0.25) is 14.4 Å². The second kappa shape index (κ2) is 7.57. The highest BCUT2D eigenvalue weighted by atomic mass is 16.6. The molecule has 0 radical (unpaired) electrons. The molecule has 4 rings (SSSR count). The van der Waals surface area contributed by atoms with Gasteiger partial charge >= 0.3 is 11.9 Å². The van der Waals surface area contributed by atoms with Gasteiger partial charge in [-0.1, -0.05) is 26.7 Å². The van der Waals surface area contributed by atoms with Crippen LogP contribution in [0.15, 0.2) is 0 Å². The molecular formula is C25H38O6. The summed E-state index contributed by atoms with van der Waals surface area (Å²) in [5.74, 6) is -0.562. The van der Waals surface area contributed by atoms with Gasteiger partial charge in [0.15, 0.2) is 12.2 Å². The summed E-state index contributed by atoms with van der Waals surface area (Å²) in [6.45, 7) is 6.60. The number of carbonyl (C=O) groups is 3. The minimum absolute atomic E-state index is 0.0794. The predicted molar refractivity (Wildman–Crippen MR) is 114 cm³/mol. The summed E-state index contributed by atoms with van der Waals surface area (Å²) in [6.07, 6.45) is 9.20. The quantitative estimate of drug-likeness (QED) is 0.674. The molecule has 6 heteroatoms. The molecule has 0 aromatic carbocycles. The van der Waals surface area contributed by atoms with Gasteiger partial charge in [-0.15, -0.1) is 0 Å². The number of ether oxygens (including phenoxy) is 2. The van der Waals surface area contributed by atoms with Crippen LogP contribution in [0, 0.1) is 28.6 Å². The molecule has 0 aliphatic heterocycles. The predicted octanol–water partition coefficient (Wildman–Crippen LogP) is 3.97. The molecule has 4 fully saturated rings. The standard InChI is InChI=1S/C25H38O6/c1-16(26)30-15-21(28)25(31-17(2)27)12-10-19-20-9-8-18-7-5-6-11-22(18,3)24(20,29)14-13-23(19,25)4/h18-20,29H,5-15H2,1-4H3/t18?,19-,20-,22-,23-,24+,25-/m0/s1. The minimum Gasteiger partial charge on any atom is -0.458 e. The maximum absolute atomic E-state index is 13.4. The van der Waals surface area contributed by atoms with Gasteiger partial charge in [0.1, 0.15) is 0 Å². The van der Waals surface area contributed by atoms with Crippen LogP contribution in [0.3, 0.4) is 0 Å². The van der Waals surface area contributed by atoms with Crippen LogP contribution in [0.5, 0.6) is 0 Å². The van der Waals surface area contributed by atoms with E-state index in [1.54, 1.807) is 0 Å². The molecule has 4 aliphatic rings. The second-order valence-electron chi connectivity index (χ2n) is 11.2. The summed E-state index contributed by atoms with van der Waals surface area (Å²) in [7, 11) is 0. The maximum atomic E-state index is 13.4. The fourth-order valence-electron chi connectivity index (χ4n) is 8.44. The van der Waals surface area contributed by atoms with Crippen molar-refractivity contribution in [1.29, 1.82) is 0 Å². The molecule has 174 valence electrons. The number of hydrogen-bond acceptors (Lipinski definition) is 6. The van der Waals surface area contributed by atoms with Crippen molar-refractivity contribution < 1.29 is 29.0 Å². The number of hydrogen-bond donors (Lipinski definition) is 1. The Morgan fingerprint density at radius 1 is 0.839 bits per heavy atom. The van der Waals surface area contributed by atoms with E-state index in [-0.39, 0.29) is 29.6 Å². The fraction of sp³-hybridized carbons (Fsp3) is 0.880. The van der Waals surface area contributed by atoms with E-state index in [1.165, 1.54) is 33.1 Å².